The number of aryl methyl sites for hydroxylation is 1. The number of aromatic nitrogens is 3. The SMILES string of the molecule is Cn1c(CO)nc2cc(C(=O)N3CCC=C(c4ccccn4)C3)ccc21. The minimum atomic E-state index is -0.126. The molecule has 0 aliphatic carbocycles. The molecule has 3 aromatic rings. The van der Waals surface area contributed by atoms with Gasteiger partial charge >= 0.3 is 0 Å². The van der Waals surface area contributed by atoms with E-state index in [1.54, 1.807) is 12.3 Å². The number of imidazole rings is 1. The second-order valence-corrected chi connectivity index (χ2v) is 6.41. The normalized spacial score (nSPS) is 14.5. The molecule has 26 heavy (non-hydrogen) atoms. The van der Waals surface area contributed by atoms with Crippen molar-refractivity contribution in [3.8, 4) is 0 Å². The van der Waals surface area contributed by atoms with Crippen molar-refractivity contribution in [2.45, 2.75) is 13.0 Å². The number of carbonyl (C=O) groups excluding carboxylic acids is 1. The summed E-state index contributed by atoms with van der Waals surface area (Å²) in [7, 11) is 1.86. The second-order valence-electron chi connectivity index (χ2n) is 6.41. The van der Waals surface area contributed by atoms with Crippen molar-refractivity contribution >= 4 is 22.5 Å². The van der Waals surface area contributed by atoms with Crippen LogP contribution < -0.4 is 0 Å². The van der Waals surface area contributed by atoms with Gasteiger partial charge in [-0.15, -0.1) is 0 Å². The molecule has 0 saturated heterocycles. The van der Waals surface area contributed by atoms with Crippen LogP contribution in [0.5, 0.6) is 0 Å². The molecule has 1 aliphatic heterocycles. The molecule has 6 heteroatoms. The molecule has 0 bridgehead atoms. The maximum absolute atomic E-state index is 13.0. The summed E-state index contributed by atoms with van der Waals surface area (Å²) >= 11 is 0. The summed E-state index contributed by atoms with van der Waals surface area (Å²) in [6, 6.07) is 11.3. The Morgan fingerprint density at radius 1 is 1.27 bits per heavy atom. The van der Waals surface area contributed by atoms with Crippen LogP contribution in [0.1, 0.15) is 28.3 Å². The number of benzene rings is 1. The van der Waals surface area contributed by atoms with Crippen molar-refractivity contribution in [3.63, 3.8) is 0 Å². The Labute approximate surface area is 151 Å². The van der Waals surface area contributed by atoms with Gasteiger partial charge in [0.15, 0.2) is 0 Å². The number of hydrogen-bond acceptors (Lipinski definition) is 4. The van der Waals surface area contributed by atoms with E-state index in [9.17, 15) is 9.90 Å². The third-order valence-corrected chi connectivity index (χ3v) is 4.79. The summed E-state index contributed by atoms with van der Waals surface area (Å²) in [5.41, 5.74) is 4.23. The van der Waals surface area contributed by atoms with Crippen LogP contribution in [-0.2, 0) is 13.7 Å². The number of fused-ring (bicyclic) bond motifs is 1. The fraction of sp³-hybridized carbons (Fsp3) is 0.250. The van der Waals surface area contributed by atoms with E-state index < -0.39 is 0 Å². The zero-order valence-electron chi connectivity index (χ0n) is 14.6. The summed E-state index contributed by atoms with van der Waals surface area (Å²) in [6.07, 6.45) is 4.74. The molecule has 1 amide bonds. The minimum Gasteiger partial charge on any atom is -0.388 e. The maximum Gasteiger partial charge on any atom is 0.254 e. The third kappa shape index (κ3) is 2.88. The van der Waals surface area contributed by atoms with Gasteiger partial charge in [0.05, 0.1) is 16.7 Å². The monoisotopic (exact) mass is 348 g/mol. The summed E-state index contributed by atoms with van der Waals surface area (Å²) in [5, 5.41) is 9.37. The largest absolute Gasteiger partial charge is 0.388 e. The van der Waals surface area contributed by atoms with Crippen molar-refractivity contribution in [2.24, 2.45) is 7.05 Å². The molecule has 6 nitrogen and oxygen atoms in total. The highest BCUT2D eigenvalue weighted by Crippen LogP contribution is 2.22. The first kappa shape index (κ1) is 16.5. The van der Waals surface area contributed by atoms with Gasteiger partial charge in [-0.2, -0.15) is 0 Å². The molecule has 2 aromatic heterocycles. The summed E-state index contributed by atoms with van der Waals surface area (Å²) in [4.78, 5) is 23.6. The van der Waals surface area contributed by atoms with Crippen LogP contribution in [0.3, 0.4) is 0 Å². The van der Waals surface area contributed by atoms with E-state index in [0.717, 1.165) is 28.7 Å². The molecule has 0 fully saturated rings. The number of carbonyl (C=O) groups is 1. The number of aliphatic hydroxyl groups excluding tert-OH is 1. The van der Waals surface area contributed by atoms with E-state index in [4.69, 9.17) is 0 Å². The van der Waals surface area contributed by atoms with E-state index in [0.29, 0.717) is 24.5 Å². The van der Waals surface area contributed by atoms with Crippen LogP contribution in [0.4, 0.5) is 0 Å². The molecule has 0 spiro atoms. The lowest BCUT2D eigenvalue weighted by Crippen LogP contribution is -2.35. The van der Waals surface area contributed by atoms with Gasteiger partial charge in [-0.3, -0.25) is 9.78 Å². The van der Waals surface area contributed by atoms with Crippen LogP contribution >= 0.6 is 0 Å². The van der Waals surface area contributed by atoms with Crippen molar-refractivity contribution in [3.05, 3.63) is 65.8 Å². The van der Waals surface area contributed by atoms with E-state index in [-0.39, 0.29) is 12.5 Å². The van der Waals surface area contributed by atoms with E-state index in [1.165, 1.54) is 0 Å². The van der Waals surface area contributed by atoms with E-state index >= 15 is 0 Å². The van der Waals surface area contributed by atoms with Gasteiger partial charge in [0.25, 0.3) is 5.91 Å². The Balaban J connectivity index is 1.59. The van der Waals surface area contributed by atoms with Crippen molar-refractivity contribution in [1.29, 1.82) is 0 Å². The number of hydrogen-bond donors (Lipinski definition) is 1. The molecule has 0 atom stereocenters. The minimum absolute atomic E-state index is 0.00960. The summed E-state index contributed by atoms with van der Waals surface area (Å²) in [5.74, 6) is 0.576. The lowest BCUT2D eigenvalue weighted by molar-refractivity contribution is 0.0775. The Morgan fingerprint density at radius 2 is 2.15 bits per heavy atom. The molecule has 4 rings (SSSR count). The van der Waals surface area contributed by atoms with Crippen molar-refractivity contribution in [2.75, 3.05) is 13.1 Å². The van der Waals surface area contributed by atoms with Gasteiger partial charge in [-0.1, -0.05) is 12.1 Å². The number of aliphatic hydroxyl groups is 1. The number of amides is 1. The molecule has 1 aromatic carbocycles. The first-order valence-electron chi connectivity index (χ1n) is 8.63. The number of nitrogens with zero attached hydrogens (tertiary/aromatic N) is 4. The molecule has 1 aliphatic rings. The van der Waals surface area contributed by atoms with E-state index in [1.807, 2.05) is 46.8 Å². The standard InChI is InChI=1S/C20H20N4O2/c1-23-18-8-7-14(11-17(18)22-19(23)13-25)20(26)24-10-4-5-15(12-24)16-6-2-3-9-21-16/h2-3,5-9,11,25H,4,10,12-13H2,1H3. The highest BCUT2D eigenvalue weighted by molar-refractivity contribution is 5.98. The Bertz CT molecular complexity index is 992. The van der Waals surface area contributed by atoms with Gasteiger partial charge in [-0.25, -0.2) is 4.98 Å². The molecule has 0 radical (unpaired) electrons. The second kappa shape index (κ2) is 6.72. The van der Waals surface area contributed by atoms with Gasteiger partial charge in [-0.05, 0) is 42.3 Å². The molecular formula is C20H20N4O2. The van der Waals surface area contributed by atoms with Gasteiger partial charge in [0.2, 0.25) is 0 Å². The Hall–Kier alpha value is -2.99. The lowest BCUT2D eigenvalue weighted by Gasteiger charge is -2.27. The summed E-state index contributed by atoms with van der Waals surface area (Å²) in [6.45, 7) is 1.12. The van der Waals surface area contributed by atoms with Crippen LogP contribution in [0, 0.1) is 0 Å². The maximum atomic E-state index is 13.0. The molecular weight excluding hydrogens is 328 g/mol. The first-order valence-corrected chi connectivity index (χ1v) is 8.63. The van der Waals surface area contributed by atoms with Gasteiger partial charge in [0, 0.05) is 31.9 Å². The Kier molecular flexibility index (Phi) is 4.26. The highest BCUT2D eigenvalue weighted by Gasteiger charge is 2.21. The first-order chi connectivity index (χ1) is 12.7. The molecule has 0 saturated carbocycles. The molecule has 132 valence electrons. The highest BCUT2D eigenvalue weighted by atomic mass is 16.3. The van der Waals surface area contributed by atoms with Crippen LogP contribution in [0.2, 0.25) is 0 Å². The zero-order valence-corrected chi connectivity index (χ0v) is 14.6. The fourth-order valence-corrected chi connectivity index (χ4v) is 3.36. The van der Waals surface area contributed by atoms with Crippen molar-refractivity contribution < 1.29 is 9.90 Å². The topological polar surface area (TPSA) is 71.2 Å². The molecule has 3 heterocycles. The average molecular weight is 348 g/mol. The van der Waals surface area contributed by atoms with Gasteiger partial charge in [0.1, 0.15) is 12.4 Å². The molecule has 1 N–H and O–H groups in total. The quantitative estimate of drug-likeness (QED) is 0.789. The summed E-state index contributed by atoms with van der Waals surface area (Å²) < 4.78 is 1.84. The predicted octanol–water partition coefficient (Wildman–Crippen LogP) is 2.39. The predicted molar refractivity (Wildman–Crippen MR) is 99.4 cm³/mol. The van der Waals surface area contributed by atoms with E-state index in [2.05, 4.69) is 16.0 Å². The average Bonchev–Trinajstić information content (AvgIpc) is 3.03. The van der Waals surface area contributed by atoms with Crippen LogP contribution in [0.25, 0.3) is 16.6 Å². The Morgan fingerprint density at radius 3 is 2.92 bits per heavy atom. The van der Waals surface area contributed by atoms with Gasteiger partial charge < -0.3 is 14.6 Å². The fourth-order valence-electron chi connectivity index (χ4n) is 3.36. The lowest BCUT2D eigenvalue weighted by atomic mass is 10.0. The molecule has 0 unspecified atom stereocenters. The van der Waals surface area contributed by atoms with Crippen molar-refractivity contribution in [1.82, 2.24) is 19.4 Å². The zero-order chi connectivity index (χ0) is 18.1. The van der Waals surface area contributed by atoms with Crippen LogP contribution in [0.15, 0.2) is 48.7 Å². The van der Waals surface area contributed by atoms with Crippen LogP contribution in [-0.4, -0.2) is 43.5 Å². The number of pyridine rings is 1. The smallest absolute Gasteiger partial charge is 0.254 e. The number of rotatable bonds is 3. The third-order valence-electron chi connectivity index (χ3n) is 4.79.